The van der Waals surface area contributed by atoms with E-state index in [9.17, 15) is 9.90 Å². The molecule has 1 rings (SSSR count). The average molecular weight is 254 g/mol. The Morgan fingerprint density at radius 2 is 2.06 bits per heavy atom. The molecule has 3 nitrogen and oxygen atoms in total. The Morgan fingerprint density at radius 3 is 2.53 bits per heavy atom. The summed E-state index contributed by atoms with van der Waals surface area (Å²) in [6.07, 6.45) is 1.92. The molecule has 0 aromatic heterocycles. The zero-order chi connectivity index (χ0) is 12.9. The second-order valence-electron chi connectivity index (χ2n) is 3.95. The predicted octanol–water partition coefficient (Wildman–Crippen LogP) is 2.19. The van der Waals surface area contributed by atoms with E-state index in [1.54, 1.807) is 0 Å². The molecule has 0 amide bonds. The monoisotopic (exact) mass is 254 g/mol. The van der Waals surface area contributed by atoms with Gasteiger partial charge in [0.2, 0.25) is 0 Å². The highest BCUT2D eigenvalue weighted by molar-refractivity contribution is 7.99. The van der Waals surface area contributed by atoms with Crippen LogP contribution in [0.5, 0.6) is 0 Å². The number of hydrogen-bond donors (Lipinski definition) is 1. The van der Waals surface area contributed by atoms with Gasteiger partial charge in [-0.3, -0.25) is 4.79 Å². The quantitative estimate of drug-likeness (QED) is 0.818. The molecule has 4 heteroatoms. The van der Waals surface area contributed by atoms with Crippen molar-refractivity contribution >= 4 is 17.7 Å². The minimum absolute atomic E-state index is 0.0195. The fraction of sp³-hybridized carbons (Fsp3) is 0.462. The lowest BCUT2D eigenvalue weighted by Crippen LogP contribution is -2.41. The lowest BCUT2D eigenvalue weighted by Gasteiger charge is -2.33. The van der Waals surface area contributed by atoms with Crippen LogP contribution in [-0.2, 0) is 15.1 Å². The SMILES string of the molecule is CS[C@H](C)[C@](O)(COC(C)=O)c1ccccc1. The van der Waals surface area contributed by atoms with Gasteiger partial charge in [0.1, 0.15) is 12.2 Å². The number of benzene rings is 1. The highest BCUT2D eigenvalue weighted by Gasteiger charge is 2.36. The van der Waals surface area contributed by atoms with Gasteiger partial charge in [0.25, 0.3) is 0 Å². The molecular weight excluding hydrogens is 236 g/mol. The molecule has 2 atom stereocenters. The fourth-order valence-corrected chi connectivity index (χ4v) is 2.16. The Labute approximate surface area is 106 Å². The summed E-state index contributed by atoms with van der Waals surface area (Å²) in [5.41, 5.74) is -0.380. The van der Waals surface area contributed by atoms with Crippen LogP contribution < -0.4 is 0 Å². The molecule has 0 aliphatic rings. The zero-order valence-electron chi connectivity index (χ0n) is 10.3. The molecule has 0 bridgehead atoms. The molecule has 0 aliphatic carbocycles. The van der Waals surface area contributed by atoms with Gasteiger partial charge in [0.05, 0.1) is 0 Å². The Morgan fingerprint density at radius 1 is 1.47 bits per heavy atom. The minimum atomic E-state index is -1.15. The van der Waals surface area contributed by atoms with Crippen molar-refractivity contribution in [3.63, 3.8) is 0 Å². The van der Waals surface area contributed by atoms with Crippen molar-refractivity contribution in [2.24, 2.45) is 0 Å². The predicted molar refractivity (Wildman–Crippen MR) is 69.9 cm³/mol. The van der Waals surface area contributed by atoms with E-state index < -0.39 is 5.60 Å². The van der Waals surface area contributed by atoms with Gasteiger partial charge in [-0.1, -0.05) is 37.3 Å². The summed E-state index contributed by atoms with van der Waals surface area (Å²) in [6, 6.07) is 9.30. The summed E-state index contributed by atoms with van der Waals surface area (Å²) >= 11 is 1.54. The van der Waals surface area contributed by atoms with Crippen molar-refractivity contribution in [3.8, 4) is 0 Å². The third kappa shape index (κ3) is 3.48. The van der Waals surface area contributed by atoms with Gasteiger partial charge < -0.3 is 9.84 Å². The van der Waals surface area contributed by atoms with Crippen LogP contribution in [-0.4, -0.2) is 29.2 Å². The Balaban J connectivity index is 2.97. The van der Waals surface area contributed by atoms with E-state index in [1.165, 1.54) is 18.7 Å². The Hall–Kier alpha value is -1.00. The molecule has 94 valence electrons. The maximum absolute atomic E-state index is 10.9. The number of carbonyl (C=O) groups excluding carboxylic acids is 1. The summed E-state index contributed by atoms with van der Waals surface area (Å²) < 4.78 is 4.98. The second-order valence-corrected chi connectivity index (χ2v) is 5.13. The Kier molecular flexibility index (Phi) is 5.02. The second kappa shape index (κ2) is 6.07. The molecule has 0 fully saturated rings. The first-order valence-electron chi connectivity index (χ1n) is 5.44. The van der Waals surface area contributed by atoms with Gasteiger partial charge in [-0.05, 0) is 11.8 Å². The molecule has 0 heterocycles. The van der Waals surface area contributed by atoms with Gasteiger partial charge in [0, 0.05) is 12.2 Å². The van der Waals surface area contributed by atoms with E-state index in [4.69, 9.17) is 4.74 Å². The lowest BCUT2D eigenvalue weighted by atomic mass is 9.91. The first-order chi connectivity index (χ1) is 8.00. The van der Waals surface area contributed by atoms with Gasteiger partial charge in [-0.15, -0.1) is 0 Å². The number of ether oxygens (including phenoxy) is 1. The first-order valence-corrected chi connectivity index (χ1v) is 6.73. The topological polar surface area (TPSA) is 46.5 Å². The van der Waals surface area contributed by atoms with Crippen molar-refractivity contribution in [1.82, 2.24) is 0 Å². The van der Waals surface area contributed by atoms with Crippen molar-refractivity contribution in [2.75, 3.05) is 12.9 Å². The molecule has 17 heavy (non-hydrogen) atoms. The van der Waals surface area contributed by atoms with Crippen LogP contribution in [0, 0.1) is 0 Å². The smallest absolute Gasteiger partial charge is 0.302 e. The summed E-state index contributed by atoms with van der Waals surface area (Å²) in [6.45, 7) is 3.24. The van der Waals surface area contributed by atoms with Crippen molar-refractivity contribution in [1.29, 1.82) is 0 Å². The first kappa shape index (κ1) is 14.1. The summed E-state index contributed by atoms with van der Waals surface area (Å²) in [5, 5.41) is 10.6. The average Bonchev–Trinajstić information content (AvgIpc) is 2.36. The minimum Gasteiger partial charge on any atom is -0.462 e. The number of rotatable bonds is 5. The summed E-state index contributed by atoms with van der Waals surface area (Å²) in [5.74, 6) is -0.382. The van der Waals surface area contributed by atoms with Gasteiger partial charge in [-0.25, -0.2) is 0 Å². The molecule has 1 aromatic carbocycles. The molecule has 0 spiro atoms. The Bertz CT molecular complexity index is 366. The summed E-state index contributed by atoms with van der Waals surface area (Å²) in [4.78, 5) is 10.9. The fourth-order valence-electron chi connectivity index (χ4n) is 1.57. The third-order valence-corrected chi connectivity index (χ3v) is 3.89. The summed E-state index contributed by atoms with van der Waals surface area (Å²) in [7, 11) is 0. The van der Waals surface area contributed by atoms with Crippen molar-refractivity contribution in [2.45, 2.75) is 24.7 Å². The molecule has 1 N–H and O–H groups in total. The van der Waals surface area contributed by atoms with E-state index in [0.717, 1.165) is 5.56 Å². The van der Waals surface area contributed by atoms with Crippen LogP contribution in [0.2, 0.25) is 0 Å². The van der Waals surface area contributed by atoms with Gasteiger partial charge in [-0.2, -0.15) is 11.8 Å². The van der Waals surface area contributed by atoms with E-state index >= 15 is 0 Å². The number of carbonyl (C=O) groups is 1. The maximum Gasteiger partial charge on any atom is 0.302 e. The van der Waals surface area contributed by atoms with Crippen molar-refractivity contribution < 1.29 is 14.6 Å². The zero-order valence-corrected chi connectivity index (χ0v) is 11.2. The molecule has 0 aliphatic heterocycles. The third-order valence-electron chi connectivity index (χ3n) is 2.80. The van der Waals surface area contributed by atoms with E-state index in [1.807, 2.05) is 43.5 Å². The van der Waals surface area contributed by atoms with E-state index in [-0.39, 0.29) is 17.8 Å². The van der Waals surface area contributed by atoms with Crippen molar-refractivity contribution in [3.05, 3.63) is 35.9 Å². The maximum atomic E-state index is 10.9. The highest BCUT2D eigenvalue weighted by atomic mass is 32.2. The lowest BCUT2D eigenvalue weighted by molar-refractivity contribution is -0.149. The van der Waals surface area contributed by atoms with Crippen LogP contribution in [0.25, 0.3) is 0 Å². The van der Waals surface area contributed by atoms with Gasteiger partial charge in [0.15, 0.2) is 0 Å². The highest BCUT2D eigenvalue weighted by Crippen LogP contribution is 2.32. The number of esters is 1. The molecule has 0 radical (unpaired) electrons. The molecular formula is C13H18O3S. The normalized spacial score (nSPS) is 16.0. The molecule has 1 aromatic rings. The van der Waals surface area contributed by atoms with Crippen LogP contribution >= 0.6 is 11.8 Å². The molecule has 0 saturated carbocycles. The standard InChI is InChI=1S/C13H18O3S/c1-10(17-3)13(15,9-16-11(2)14)12-7-5-4-6-8-12/h4-8,10,15H,9H2,1-3H3/t10-,13-/m1/s1. The van der Waals surface area contributed by atoms with Crippen LogP contribution in [0.3, 0.4) is 0 Å². The largest absolute Gasteiger partial charge is 0.462 e. The molecule has 0 unspecified atom stereocenters. The van der Waals surface area contributed by atoms with Gasteiger partial charge >= 0.3 is 5.97 Å². The van der Waals surface area contributed by atoms with Crippen LogP contribution in [0.1, 0.15) is 19.4 Å². The van der Waals surface area contributed by atoms with E-state index in [2.05, 4.69) is 0 Å². The number of thioether (sulfide) groups is 1. The molecule has 0 saturated heterocycles. The van der Waals surface area contributed by atoms with E-state index in [0.29, 0.717) is 0 Å². The van der Waals surface area contributed by atoms with Crippen LogP contribution in [0.15, 0.2) is 30.3 Å². The van der Waals surface area contributed by atoms with Crippen LogP contribution in [0.4, 0.5) is 0 Å². The number of aliphatic hydroxyl groups is 1. The number of hydrogen-bond acceptors (Lipinski definition) is 4.